The van der Waals surface area contributed by atoms with Crippen LogP contribution in [0.25, 0.3) is 11.2 Å². The van der Waals surface area contributed by atoms with Gasteiger partial charge in [0.05, 0.1) is 33.3 Å². The number of carbonyl (C=O) groups excluding carboxylic acids is 2. The van der Waals surface area contributed by atoms with E-state index in [4.69, 9.17) is 23.5 Å². The first-order valence-electron chi connectivity index (χ1n) is 15.5. The number of imidazole rings is 1. The molecule has 1 aliphatic heterocycles. The molecule has 0 saturated carbocycles. The first-order valence-corrected chi connectivity index (χ1v) is 17.1. The van der Waals surface area contributed by atoms with Crippen molar-refractivity contribution in [3.8, 4) is 5.88 Å². The quantitative estimate of drug-likeness (QED) is 0.141. The maximum Gasteiger partial charge on any atom is 0.342 e. The first-order chi connectivity index (χ1) is 21.6. The van der Waals surface area contributed by atoms with Gasteiger partial charge in [0, 0.05) is 0 Å². The van der Waals surface area contributed by atoms with Gasteiger partial charge in [-0.25, -0.2) is 20.1 Å². The van der Waals surface area contributed by atoms with Crippen LogP contribution in [0, 0.1) is 18.8 Å². The predicted octanol–water partition coefficient (Wildman–Crippen LogP) is 2.41. The maximum atomic E-state index is 14.5. The normalized spacial score (nSPS) is 24.2. The highest BCUT2D eigenvalue weighted by Gasteiger charge is 2.54. The largest absolute Gasteiger partial charge is 0.479 e. The molecular formula is C29H49N6O10P. The van der Waals surface area contributed by atoms with Crippen molar-refractivity contribution in [2.24, 2.45) is 11.8 Å². The van der Waals surface area contributed by atoms with Crippen LogP contribution in [0.4, 0.5) is 0 Å². The van der Waals surface area contributed by atoms with E-state index in [1.165, 1.54) is 24.9 Å². The van der Waals surface area contributed by atoms with Crippen LogP contribution in [0.3, 0.4) is 0 Å². The molecule has 0 spiro atoms. The molecule has 0 aromatic carbocycles. The number of rotatable bonds is 17. The van der Waals surface area contributed by atoms with Crippen LogP contribution in [0.1, 0.15) is 73.4 Å². The standard InChI is InChI=1S/C29H49N6O10P/c1-10-42-26(37)19(12-16(3)4)33-46(40,34-20(13-17(5)6)27(38)43-11-2)44-14-21-23(36)29(8,39)28(45-21)35-15-30-22-24(35)31-18(7)32-25(22)41-9/h15-17,19-21,23,28,36,39H,10-14H2,1-9H3,(H2,33,34,40)/t19?,20?,21-,23?,28-,29+,46?/m1/s1. The Kier molecular flexibility index (Phi) is 13.1. The van der Waals surface area contributed by atoms with Crippen molar-refractivity contribution in [1.29, 1.82) is 0 Å². The van der Waals surface area contributed by atoms with Crippen molar-refractivity contribution < 1.29 is 47.8 Å². The first kappa shape index (κ1) is 37.7. The van der Waals surface area contributed by atoms with Gasteiger partial charge in [0.15, 0.2) is 17.4 Å². The number of aromatic nitrogens is 4. The fraction of sp³-hybridized carbons (Fsp3) is 0.759. The Bertz CT molecular complexity index is 1350. The Balaban J connectivity index is 1.94. The molecule has 2 aromatic heterocycles. The second kappa shape index (κ2) is 15.9. The summed E-state index contributed by atoms with van der Waals surface area (Å²) in [7, 11) is -2.84. The fourth-order valence-corrected chi connectivity index (χ4v) is 7.04. The van der Waals surface area contributed by atoms with Gasteiger partial charge in [0.1, 0.15) is 35.7 Å². The average Bonchev–Trinajstić information content (AvgIpc) is 3.47. The molecule has 6 atom stereocenters. The molecule has 3 unspecified atom stereocenters. The van der Waals surface area contributed by atoms with Crippen LogP contribution in [0.15, 0.2) is 6.33 Å². The average molecular weight is 673 g/mol. The molecule has 16 nitrogen and oxygen atoms in total. The minimum atomic E-state index is -4.29. The van der Waals surface area contributed by atoms with Gasteiger partial charge < -0.3 is 33.7 Å². The lowest BCUT2D eigenvalue weighted by Crippen LogP contribution is -2.47. The highest BCUT2D eigenvalue weighted by atomic mass is 31.2. The monoisotopic (exact) mass is 672 g/mol. The smallest absolute Gasteiger partial charge is 0.342 e. The van der Waals surface area contributed by atoms with Crippen LogP contribution in [-0.2, 0) is 32.9 Å². The SMILES string of the molecule is CCOC(=O)C(CC(C)C)NP(=O)(NC(CC(C)C)C(=O)OCC)OC[C@H]1O[C@@H](n2cnc3c(OC)nc(C)nc32)[C@@](C)(O)C1O. The molecule has 3 rings (SSSR count). The van der Waals surface area contributed by atoms with E-state index in [-0.39, 0.29) is 43.8 Å². The summed E-state index contributed by atoms with van der Waals surface area (Å²) < 4.78 is 43.8. The van der Waals surface area contributed by atoms with Crippen molar-refractivity contribution in [2.75, 3.05) is 26.9 Å². The zero-order chi connectivity index (χ0) is 34.4. The van der Waals surface area contributed by atoms with Gasteiger partial charge in [-0.05, 0) is 52.4 Å². The Morgan fingerprint density at radius 3 is 2.09 bits per heavy atom. The zero-order valence-corrected chi connectivity index (χ0v) is 28.9. The third kappa shape index (κ3) is 9.00. The molecule has 0 aliphatic carbocycles. The maximum absolute atomic E-state index is 14.5. The van der Waals surface area contributed by atoms with Crippen LogP contribution in [-0.4, -0.2) is 98.5 Å². The zero-order valence-electron chi connectivity index (χ0n) is 28.1. The molecular weight excluding hydrogens is 623 g/mol. The molecule has 1 saturated heterocycles. The molecule has 0 radical (unpaired) electrons. The van der Waals surface area contributed by atoms with E-state index in [9.17, 15) is 24.4 Å². The van der Waals surface area contributed by atoms with Gasteiger partial charge in [-0.3, -0.25) is 18.7 Å². The van der Waals surface area contributed by atoms with Crippen molar-refractivity contribution in [1.82, 2.24) is 29.7 Å². The van der Waals surface area contributed by atoms with Crippen LogP contribution in [0.2, 0.25) is 0 Å². The van der Waals surface area contributed by atoms with Crippen LogP contribution in [0.5, 0.6) is 5.88 Å². The number of fused-ring (bicyclic) bond motifs is 1. The third-order valence-corrected chi connectivity index (χ3v) is 9.15. The summed E-state index contributed by atoms with van der Waals surface area (Å²) in [6.45, 7) is 13.6. The number of aliphatic hydroxyl groups is 2. The summed E-state index contributed by atoms with van der Waals surface area (Å²) >= 11 is 0. The second-order valence-corrected chi connectivity index (χ2v) is 14.2. The number of nitrogens with one attached hydrogen (secondary N) is 2. The molecule has 0 bridgehead atoms. The molecule has 1 aliphatic rings. The highest BCUT2D eigenvalue weighted by molar-refractivity contribution is 7.54. The van der Waals surface area contributed by atoms with Crippen molar-refractivity contribution in [3.05, 3.63) is 12.2 Å². The summed E-state index contributed by atoms with van der Waals surface area (Å²) in [6, 6.07) is -2.11. The van der Waals surface area contributed by atoms with E-state index in [0.29, 0.717) is 17.0 Å². The number of methoxy groups -OCH3 is 1. The lowest BCUT2D eigenvalue weighted by atomic mass is 9.96. The summed E-state index contributed by atoms with van der Waals surface area (Å²) in [5.41, 5.74) is -1.26. The summed E-state index contributed by atoms with van der Waals surface area (Å²) in [5.74, 6) is -0.668. The third-order valence-electron chi connectivity index (χ3n) is 7.33. The molecule has 260 valence electrons. The summed E-state index contributed by atoms with van der Waals surface area (Å²) in [4.78, 5) is 38.7. The fourth-order valence-electron chi connectivity index (χ4n) is 5.22. The van der Waals surface area contributed by atoms with Gasteiger partial charge in [-0.15, -0.1) is 0 Å². The minimum absolute atomic E-state index is 0.00112. The van der Waals surface area contributed by atoms with Gasteiger partial charge in [0.25, 0.3) is 0 Å². The van der Waals surface area contributed by atoms with E-state index in [0.717, 1.165) is 0 Å². The molecule has 3 heterocycles. The topological polar surface area (TPSA) is 205 Å². The molecule has 17 heteroatoms. The molecule has 0 amide bonds. The molecule has 4 N–H and O–H groups in total. The van der Waals surface area contributed by atoms with E-state index >= 15 is 0 Å². The second-order valence-electron chi connectivity index (χ2n) is 12.3. The summed E-state index contributed by atoms with van der Waals surface area (Å²) in [6.07, 6.45) is -2.05. The predicted molar refractivity (Wildman–Crippen MR) is 167 cm³/mol. The Morgan fingerprint density at radius 1 is 1.07 bits per heavy atom. The van der Waals surface area contributed by atoms with Crippen molar-refractivity contribution in [2.45, 2.75) is 104 Å². The molecule has 2 aromatic rings. The van der Waals surface area contributed by atoms with Crippen LogP contribution < -0.4 is 14.9 Å². The van der Waals surface area contributed by atoms with E-state index in [1.54, 1.807) is 20.8 Å². The number of nitrogens with zero attached hydrogens (tertiary/aromatic N) is 4. The summed E-state index contributed by atoms with van der Waals surface area (Å²) in [5, 5.41) is 28.2. The van der Waals surface area contributed by atoms with E-state index in [2.05, 4.69) is 25.1 Å². The van der Waals surface area contributed by atoms with Gasteiger partial charge in [-0.1, -0.05) is 27.7 Å². The lowest BCUT2D eigenvalue weighted by Gasteiger charge is -2.30. The molecule has 1 fully saturated rings. The van der Waals surface area contributed by atoms with Crippen LogP contribution >= 0.6 is 7.67 Å². The number of carbonyl (C=O) groups is 2. The number of aryl methyl sites for hydroxylation is 1. The number of hydrogen-bond acceptors (Lipinski definition) is 13. The Labute approximate surface area is 269 Å². The number of hydrogen-bond donors (Lipinski definition) is 4. The van der Waals surface area contributed by atoms with Crippen molar-refractivity contribution >= 4 is 30.8 Å². The number of esters is 2. The number of aliphatic hydroxyl groups excluding tert-OH is 1. The van der Waals surface area contributed by atoms with Gasteiger partial charge >= 0.3 is 19.6 Å². The Morgan fingerprint density at radius 2 is 1.61 bits per heavy atom. The molecule has 46 heavy (non-hydrogen) atoms. The number of ether oxygens (including phenoxy) is 4. The lowest BCUT2D eigenvalue weighted by molar-refractivity contribution is -0.146. The Hall–Kier alpha value is -2.72. The van der Waals surface area contributed by atoms with E-state index < -0.39 is 62.3 Å². The minimum Gasteiger partial charge on any atom is -0.479 e. The van der Waals surface area contributed by atoms with E-state index in [1.807, 2.05) is 27.7 Å². The van der Waals surface area contributed by atoms with Crippen molar-refractivity contribution in [3.63, 3.8) is 0 Å². The highest BCUT2D eigenvalue weighted by Crippen LogP contribution is 2.45. The van der Waals surface area contributed by atoms with Gasteiger partial charge in [0.2, 0.25) is 5.88 Å². The van der Waals surface area contributed by atoms with Gasteiger partial charge in [-0.2, -0.15) is 4.98 Å².